The van der Waals surface area contributed by atoms with E-state index in [-0.39, 0.29) is 41.8 Å². The molecular formula is C33H35N3O8S. The molecule has 1 amide bonds. The van der Waals surface area contributed by atoms with Crippen LogP contribution in [0.2, 0.25) is 0 Å². The van der Waals surface area contributed by atoms with E-state index in [1.54, 1.807) is 35.2 Å². The number of para-hydroxylation sites is 1. The van der Waals surface area contributed by atoms with Gasteiger partial charge in [0.05, 0.1) is 16.5 Å². The van der Waals surface area contributed by atoms with E-state index in [1.165, 1.54) is 24.3 Å². The number of ether oxygens (including phenoxy) is 2. The van der Waals surface area contributed by atoms with Gasteiger partial charge in [-0.05, 0) is 92.7 Å². The molecule has 2 bridgehead atoms. The Balaban J connectivity index is 1.19. The Labute approximate surface area is 262 Å². The first kappa shape index (κ1) is 30.8. The maximum atomic E-state index is 13.5. The number of carboxylic acids is 1. The van der Waals surface area contributed by atoms with Gasteiger partial charge in [0.15, 0.2) is 0 Å². The number of carbonyl (C=O) groups excluding carboxylic acids is 2. The van der Waals surface area contributed by atoms with Crippen LogP contribution in [0.15, 0.2) is 83.8 Å². The summed E-state index contributed by atoms with van der Waals surface area (Å²) in [6, 6.07) is 20.1. The van der Waals surface area contributed by atoms with Gasteiger partial charge < -0.3 is 19.5 Å². The summed E-state index contributed by atoms with van der Waals surface area (Å²) in [6.07, 6.45) is 2.26. The minimum atomic E-state index is -4.14. The Morgan fingerprint density at radius 1 is 0.844 bits per heavy atom. The number of piperidine rings is 3. The molecule has 0 saturated carbocycles. The molecule has 1 N–H and O–H groups in total. The van der Waals surface area contributed by atoms with E-state index in [0.29, 0.717) is 18.1 Å². The first-order valence-corrected chi connectivity index (χ1v) is 16.5. The van der Waals surface area contributed by atoms with Crippen molar-refractivity contribution in [3.05, 3.63) is 90.0 Å². The Hall–Kier alpha value is -4.26. The van der Waals surface area contributed by atoms with E-state index in [2.05, 4.69) is 4.90 Å². The lowest BCUT2D eigenvalue weighted by Crippen LogP contribution is -2.58. The molecule has 0 aromatic heterocycles. The summed E-state index contributed by atoms with van der Waals surface area (Å²) < 4.78 is 38.8. The van der Waals surface area contributed by atoms with Crippen molar-refractivity contribution in [1.29, 1.82) is 0 Å². The number of esters is 1. The Morgan fingerprint density at radius 2 is 1.58 bits per heavy atom. The highest BCUT2D eigenvalue weighted by molar-refractivity contribution is 7.89. The number of fused-ring (bicyclic) bond motifs is 3. The van der Waals surface area contributed by atoms with Gasteiger partial charge in [-0.1, -0.05) is 36.4 Å². The number of aliphatic carboxylic acids is 1. The number of benzene rings is 3. The Morgan fingerprint density at radius 3 is 2.29 bits per heavy atom. The van der Waals surface area contributed by atoms with Gasteiger partial charge in [0.25, 0.3) is 0 Å². The van der Waals surface area contributed by atoms with Crippen LogP contribution >= 0.6 is 0 Å². The summed E-state index contributed by atoms with van der Waals surface area (Å²) in [6.45, 7) is 3.16. The second kappa shape index (κ2) is 13.0. The summed E-state index contributed by atoms with van der Waals surface area (Å²) in [5, 5.41) is 9.47. The molecule has 3 aromatic rings. The van der Waals surface area contributed by atoms with Crippen LogP contribution in [-0.2, 0) is 21.4 Å². The van der Waals surface area contributed by atoms with Crippen molar-refractivity contribution >= 4 is 28.1 Å². The highest BCUT2D eigenvalue weighted by atomic mass is 32.2. The largest absolute Gasteiger partial charge is 0.480 e. The highest BCUT2D eigenvalue weighted by Crippen LogP contribution is 2.33. The number of hydrogen-bond donors (Lipinski definition) is 1. The van der Waals surface area contributed by atoms with E-state index < -0.39 is 34.1 Å². The zero-order valence-corrected chi connectivity index (χ0v) is 25.5. The molecule has 12 heteroatoms. The molecule has 7 rings (SSSR count). The molecule has 4 heterocycles. The molecule has 0 spiro atoms. The molecule has 0 aliphatic carbocycles. The highest BCUT2D eigenvalue weighted by Gasteiger charge is 2.41. The van der Waals surface area contributed by atoms with E-state index in [9.17, 15) is 27.9 Å². The molecule has 2 atom stereocenters. The quantitative estimate of drug-likeness (QED) is 0.271. The summed E-state index contributed by atoms with van der Waals surface area (Å²) >= 11 is 0. The number of carboxylic acid groups (broad SMARTS) is 1. The van der Waals surface area contributed by atoms with E-state index in [0.717, 1.165) is 42.3 Å². The van der Waals surface area contributed by atoms with Crippen LogP contribution in [0.3, 0.4) is 0 Å². The van der Waals surface area contributed by atoms with Crippen LogP contribution in [-0.4, -0.2) is 83.9 Å². The van der Waals surface area contributed by atoms with E-state index >= 15 is 0 Å². The number of carbonyl (C=O) groups is 3. The normalized spacial score (nSPS) is 22.9. The number of sulfonamides is 1. The lowest BCUT2D eigenvalue weighted by atomic mass is 9.83. The fraction of sp³-hybridized carbons (Fsp3) is 0.364. The molecular weight excluding hydrogens is 598 g/mol. The zero-order valence-electron chi connectivity index (χ0n) is 24.7. The van der Waals surface area contributed by atoms with Crippen LogP contribution in [0.5, 0.6) is 11.5 Å². The van der Waals surface area contributed by atoms with Gasteiger partial charge in [-0.15, -0.1) is 0 Å². The molecule has 4 aliphatic rings. The monoisotopic (exact) mass is 633 g/mol. The van der Waals surface area contributed by atoms with Gasteiger partial charge in [-0.2, -0.15) is 4.31 Å². The number of nitrogens with zero attached hydrogens (tertiary/aromatic N) is 3. The Kier molecular flexibility index (Phi) is 8.88. The van der Waals surface area contributed by atoms with Crippen LogP contribution in [0.4, 0.5) is 4.79 Å². The fourth-order valence-electron chi connectivity index (χ4n) is 6.52. The Bertz CT molecular complexity index is 1670. The van der Waals surface area contributed by atoms with Crippen molar-refractivity contribution in [2.75, 3.05) is 26.2 Å². The molecule has 4 aliphatic heterocycles. The summed E-state index contributed by atoms with van der Waals surface area (Å²) in [4.78, 5) is 42.2. The summed E-state index contributed by atoms with van der Waals surface area (Å²) in [5.74, 6) is -0.898. The minimum Gasteiger partial charge on any atom is -0.480 e. The molecule has 4 saturated heterocycles. The molecule has 4 fully saturated rings. The van der Waals surface area contributed by atoms with Crippen LogP contribution < -0.4 is 9.47 Å². The van der Waals surface area contributed by atoms with E-state index in [4.69, 9.17) is 9.47 Å². The average Bonchev–Trinajstić information content (AvgIpc) is 3.57. The first-order chi connectivity index (χ1) is 21.7. The molecule has 11 nitrogen and oxygen atoms in total. The second-order valence-corrected chi connectivity index (χ2v) is 13.6. The van der Waals surface area contributed by atoms with Gasteiger partial charge >= 0.3 is 18.0 Å². The molecule has 0 radical (unpaired) electrons. The van der Waals surface area contributed by atoms with E-state index in [1.807, 2.05) is 24.3 Å². The predicted octanol–water partition coefficient (Wildman–Crippen LogP) is 4.24. The number of rotatable bonds is 9. The third kappa shape index (κ3) is 6.73. The predicted molar refractivity (Wildman–Crippen MR) is 163 cm³/mol. The van der Waals surface area contributed by atoms with Crippen molar-refractivity contribution in [2.45, 2.75) is 49.2 Å². The van der Waals surface area contributed by atoms with Crippen LogP contribution in [0, 0.1) is 5.92 Å². The second-order valence-electron chi connectivity index (χ2n) is 11.7. The number of hydrogen-bond acceptors (Lipinski definition) is 8. The topological polar surface area (TPSA) is 134 Å². The SMILES string of the molecule is O=C(Oc1cccc(CN(C(=O)Oc2ccccc2)[C@H]2CN3CCC2CC3)c1)c1cccc(S(=O)(=O)N2CCC[C@H]2C(=O)O)c1. The third-order valence-corrected chi connectivity index (χ3v) is 10.7. The van der Waals surface area contributed by atoms with Crippen molar-refractivity contribution in [1.82, 2.24) is 14.1 Å². The third-order valence-electron chi connectivity index (χ3n) is 8.83. The molecule has 3 aromatic carbocycles. The van der Waals surface area contributed by atoms with Crippen molar-refractivity contribution in [3.63, 3.8) is 0 Å². The van der Waals surface area contributed by atoms with Gasteiger partial charge in [0.1, 0.15) is 17.5 Å². The fourth-order valence-corrected chi connectivity index (χ4v) is 8.21. The summed E-state index contributed by atoms with van der Waals surface area (Å²) in [5.41, 5.74) is 0.750. The standard InChI is InChI=1S/C33H35N3O8S/c37-31(38)29-13-6-16-36(29)45(41,42)28-12-5-8-25(20-28)32(39)43-27-11-4-7-23(19-27)21-35(30-22-34-17-14-24(30)15-18-34)33(40)44-26-9-2-1-3-10-26/h1-5,7-12,19-20,24,29-30H,6,13-18,21-22H2,(H,37,38)/t29-,30-/m0/s1. The lowest BCUT2D eigenvalue weighted by Gasteiger charge is -2.48. The summed E-state index contributed by atoms with van der Waals surface area (Å²) in [7, 11) is -4.14. The molecule has 236 valence electrons. The van der Waals surface area contributed by atoms with Crippen LogP contribution in [0.1, 0.15) is 41.6 Å². The average molecular weight is 634 g/mol. The van der Waals surface area contributed by atoms with Gasteiger partial charge in [0.2, 0.25) is 10.0 Å². The zero-order chi connectivity index (χ0) is 31.6. The smallest absolute Gasteiger partial charge is 0.415 e. The van der Waals surface area contributed by atoms with Crippen molar-refractivity contribution in [3.8, 4) is 11.5 Å². The molecule has 0 unspecified atom stereocenters. The first-order valence-electron chi connectivity index (χ1n) is 15.1. The number of amides is 1. The van der Waals surface area contributed by atoms with Gasteiger partial charge in [-0.25, -0.2) is 18.0 Å². The van der Waals surface area contributed by atoms with Crippen molar-refractivity contribution in [2.24, 2.45) is 5.92 Å². The minimum absolute atomic E-state index is 0.00731. The maximum Gasteiger partial charge on any atom is 0.415 e. The van der Waals surface area contributed by atoms with Gasteiger partial charge in [-0.3, -0.25) is 9.69 Å². The van der Waals surface area contributed by atoms with Crippen LogP contribution in [0.25, 0.3) is 0 Å². The van der Waals surface area contributed by atoms with Gasteiger partial charge in [0, 0.05) is 19.6 Å². The molecule has 45 heavy (non-hydrogen) atoms. The lowest BCUT2D eigenvalue weighted by molar-refractivity contribution is -0.140. The van der Waals surface area contributed by atoms with Crippen molar-refractivity contribution < 1.29 is 37.4 Å². The maximum absolute atomic E-state index is 13.5.